The Labute approximate surface area is 106 Å². The minimum Gasteiger partial charge on any atom is -0.292 e. The van der Waals surface area contributed by atoms with Gasteiger partial charge < -0.3 is 0 Å². The topological polar surface area (TPSA) is 49.4 Å². The van der Waals surface area contributed by atoms with Crippen LogP contribution < -0.4 is 10.2 Å². The molecule has 0 spiro atoms. The highest BCUT2D eigenvalue weighted by Gasteiger charge is 2.25. The van der Waals surface area contributed by atoms with Gasteiger partial charge in [0, 0.05) is 22.5 Å². The van der Waals surface area contributed by atoms with Crippen LogP contribution in [0.15, 0.2) is 22.7 Å². The molecule has 0 unspecified atom stereocenters. The summed E-state index contributed by atoms with van der Waals surface area (Å²) in [6, 6.07) is 4.75. The second kappa shape index (κ2) is 4.43. The molecule has 2 rings (SSSR count). The summed E-state index contributed by atoms with van der Waals surface area (Å²) in [5, 5.41) is 2.80. The monoisotopic (exact) mass is 302 g/mol. The molecule has 84 valence electrons. The van der Waals surface area contributed by atoms with Crippen molar-refractivity contribution >= 4 is 45.2 Å². The molecular weight excluding hydrogens is 295 g/mol. The van der Waals surface area contributed by atoms with Gasteiger partial charge in [-0.15, -0.1) is 0 Å². The van der Waals surface area contributed by atoms with Gasteiger partial charge in [-0.25, -0.2) is 4.79 Å². The predicted octanol–water partition coefficient (Wildman–Crippen LogP) is 2.55. The molecule has 1 aromatic rings. The third kappa shape index (κ3) is 2.20. The van der Waals surface area contributed by atoms with Gasteiger partial charge in [-0.3, -0.25) is 15.0 Å². The van der Waals surface area contributed by atoms with Gasteiger partial charge in [0.15, 0.2) is 0 Å². The number of rotatable bonds is 1. The number of halogens is 2. The van der Waals surface area contributed by atoms with Gasteiger partial charge in [-0.1, -0.05) is 11.6 Å². The summed E-state index contributed by atoms with van der Waals surface area (Å²) in [5.41, 5.74) is 0.664. The molecule has 16 heavy (non-hydrogen) atoms. The van der Waals surface area contributed by atoms with Crippen molar-refractivity contribution in [2.75, 3.05) is 11.4 Å². The molecule has 6 heteroatoms. The Morgan fingerprint density at radius 1 is 1.38 bits per heavy atom. The highest BCUT2D eigenvalue weighted by molar-refractivity contribution is 9.10. The van der Waals surface area contributed by atoms with Gasteiger partial charge in [0.25, 0.3) is 0 Å². The van der Waals surface area contributed by atoms with Crippen molar-refractivity contribution in [1.82, 2.24) is 5.32 Å². The second-order valence-corrected chi connectivity index (χ2v) is 4.64. The fourth-order valence-corrected chi connectivity index (χ4v) is 2.11. The van der Waals surface area contributed by atoms with Crippen LogP contribution >= 0.6 is 27.5 Å². The van der Waals surface area contributed by atoms with Gasteiger partial charge >= 0.3 is 6.03 Å². The average Bonchev–Trinajstić information content (AvgIpc) is 2.22. The maximum atomic E-state index is 11.6. The van der Waals surface area contributed by atoms with Gasteiger partial charge in [-0.05, 0) is 34.1 Å². The predicted molar refractivity (Wildman–Crippen MR) is 64.7 cm³/mol. The highest BCUT2D eigenvalue weighted by atomic mass is 79.9. The molecule has 1 aliphatic rings. The Bertz CT molecular complexity index is 464. The lowest BCUT2D eigenvalue weighted by atomic mass is 10.2. The average molecular weight is 304 g/mol. The van der Waals surface area contributed by atoms with Crippen molar-refractivity contribution < 1.29 is 9.59 Å². The Balaban J connectivity index is 2.33. The highest BCUT2D eigenvalue weighted by Crippen LogP contribution is 2.30. The van der Waals surface area contributed by atoms with Crippen LogP contribution in [0.2, 0.25) is 5.02 Å². The molecule has 1 heterocycles. The first-order valence-corrected chi connectivity index (χ1v) is 5.81. The first kappa shape index (κ1) is 11.4. The molecule has 0 aromatic heterocycles. The summed E-state index contributed by atoms with van der Waals surface area (Å²) < 4.78 is 0.765. The molecule has 0 saturated carbocycles. The lowest BCUT2D eigenvalue weighted by Gasteiger charge is -2.27. The maximum Gasteiger partial charge on any atom is 0.328 e. The van der Waals surface area contributed by atoms with Crippen molar-refractivity contribution in [2.45, 2.75) is 6.42 Å². The van der Waals surface area contributed by atoms with Crippen LogP contribution in [0.1, 0.15) is 6.42 Å². The molecule has 0 bridgehead atoms. The lowest BCUT2D eigenvalue weighted by molar-refractivity contribution is -0.120. The molecule has 1 N–H and O–H groups in total. The van der Waals surface area contributed by atoms with Crippen molar-refractivity contribution in [2.24, 2.45) is 0 Å². The summed E-state index contributed by atoms with van der Waals surface area (Å²) in [7, 11) is 0. The first-order chi connectivity index (χ1) is 7.58. The zero-order valence-corrected chi connectivity index (χ0v) is 10.5. The minimum atomic E-state index is -0.417. The van der Waals surface area contributed by atoms with Crippen molar-refractivity contribution in [3.8, 4) is 0 Å². The summed E-state index contributed by atoms with van der Waals surface area (Å²) in [6.45, 7) is 0.365. The van der Waals surface area contributed by atoms with E-state index in [4.69, 9.17) is 11.6 Å². The van der Waals surface area contributed by atoms with Gasteiger partial charge in [0.2, 0.25) is 5.91 Å². The quantitative estimate of drug-likeness (QED) is 0.867. The zero-order valence-electron chi connectivity index (χ0n) is 8.17. The summed E-state index contributed by atoms with van der Waals surface area (Å²) in [4.78, 5) is 24.1. The van der Waals surface area contributed by atoms with E-state index >= 15 is 0 Å². The summed E-state index contributed by atoms with van der Waals surface area (Å²) in [6.07, 6.45) is 0.296. The van der Waals surface area contributed by atoms with Crippen LogP contribution in [0.25, 0.3) is 0 Å². The van der Waals surface area contributed by atoms with Crippen molar-refractivity contribution in [3.05, 3.63) is 27.7 Å². The molecule has 1 aromatic carbocycles. The summed E-state index contributed by atoms with van der Waals surface area (Å²) in [5.74, 6) is -0.251. The molecule has 0 atom stereocenters. The minimum absolute atomic E-state index is 0.251. The third-order valence-electron chi connectivity index (χ3n) is 2.25. The van der Waals surface area contributed by atoms with Crippen LogP contribution in [0.5, 0.6) is 0 Å². The molecule has 1 saturated heterocycles. The van der Waals surface area contributed by atoms with Gasteiger partial charge in [0.05, 0.1) is 5.69 Å². The van der Waals surface area contributed by atoms with E-state index in [0.29, 0.717) is 23.7 Å². The van der Waals surface area contributed by atoms with Crippen LogP contribution in [0, 0.1) is 0 Å². The summed E-state index contributed by atoms with van der Waals surface area (Å²) >= 11 is 9.21. The smallest absolute Gasteiger partial charge is 0.292 e. The second-order valence-electron chi connectivity index (χ2n) is 3.35. The molecule has 3 amide bonds. The Morgan fingerprint density at radius 2 is 2.12 bits per heavy atom. The Morgan fingerprint density at radius 3 is 2.81 bits per heavy atom. The van der Waals surface area contributed by atoms with E-state index in [1.54, 1.807) is 18.2 Å². The Kier molecular flexibility index (Phi) is 3.16. The van der Waals surface area contributed by atoms with Crippen LogP contribution in [0.3, 0.4) is 0 Å². The largest absolute Gasteiger partial charge is 0.328 e. The van der Waals surface area contributed by atoms with Crippen molar-refractivity contribution in [1.29, 1.82) is 0 Å². The number of urea groups is 1. The number of hydrogen-bond acceptors (Lipinski definition) is 2. The van der Waals surface area contributed by atoms with Crippen LogP contribution in [-0.4, -0.2) is 18.5 Å². The van der Waals surface area contributed by atoms with E-state index in [2.05, 4.69) is 21.2 Å². The number of amides is 3. The van der Waals surface area contributed by atoms with E-state index in [0.717, 1.165) is 4.47 Å². The zero-order chi connectivity index (χ0) is 11.7. The SMILES string of the molecule is O=C1CCN(c2cc(Cl)ccc2Br)C(=O)N1. The maximum absolute atomic E-state index is 11.6. The fourth-order valence-electron chi connectivity index (χ4n) is 1.49. The van der Waals surface area contributed by atoms with Gasteiger partial charge in [-0.2, -0.15) is 0 Å². The van der Waals surface area contributed by atoms with E-state index in [-0.39, 0.29) is 5.91 Å². The van der Waals surface area contributed by atoms with Gasteiger partial charge in [0.1, 0.15) is 0 Å². The van der Waals surface area contributed by atoms with Crippen LogP contribution in [-0.2, 0) is 4.79 Å². The molecular formula is C10H8BrClN2O2. The molecule has 4 nitrogen and oxygen atoms in total. The van der Waals surface area contributed by atoms with E-state index in [1.807, 2.05) is 0 Å². The third-order valence-corrected chi connectivity index (χ3v) is 3.16. The lowest BCUT2D eigenvalue weighted by Crippen LogP contribution is -2.49. The number of anilines is 1. The molecule has 1 fully saturated rings. The number of carbonyl (C=O) groups is 2. The first-order valence-electron chi connectivity index (χ1n) is 4.64. The number of nitrogens with zero attached hydrogens (tertiary/aromatic N) is 1. The molecule has 0 radical (unpaired) electrons. The fraction of sp³-hybridized carbons (Fsp3) is 0.200. The number of imide groups is 1. The number of carbonyl (C=O) groups excluding carboxylic acids is 2. The molecule has 0 aliphatic carbocycles. The van der Waals surface area contributed by atoms with E-state index in [9.17, 15) is 9.59 Å². The number of benzene rings is 1. The number of hydrogen-bond donors (Lipinski definition) is 1. The standard InChI is InChI=1S/C10H8BrClN2O2/c11-7-2-1-6(12)5-8(7)14-4-3-9(15)13-10(14)16/h1-2,5H,3-4H2,(H,13,15,16). The normalized spacial score (nSPS) is 16.2. The number of nitrogens with one attached hydrogen (secondary N) is 1. The Hall–Kier alpha value is -1.07. The van der Waals surface area contributed by atoms with Crippen LogP contribution in [0.4, 0.5) is 10.5 Å². The molecule has 1 aliphatic heterocycles. The van der Waals surface area contributed by atoms with Crippen molar-refractivity contribution in [3.63, 3.8) is 0 Å². The van der Waals surface area contributed by atoms with E-state index in [1.165, 1.54) is 4.90 Å². The van der Waals surface area contributed by atoms with E-state index < -0.39 is 6.03 Å².